The lowest BCUT2D eigenvalue weighted by atomic mass is 10.1. The summed E-state index contributed by atoms with van der Waals surface area (Å²) >= 11 is 0. The number of ether oxygens (including phenoxy) is 2. The van der Waals surface area contributed by atoms with E-state index in [-0.39, 0.29) is 12.0 Å². The number of nitrogens with one attached hydrogen (secondary N) is 2. The molecule has 1 saturated heterocycles. The van der Waals surface area contributed by atoms with Gasteiger partial charge in [0.05, 0.1) is 33.4 Å². The zero-order valence-corrected chi connectivity index (χ0v) is 18.4. The number of rotatable bonds is 8. The average molecular weight is 440 g/mol. The molecule has 2 N–H and O–H groups in total. The fourth-order valence-corrected chi connectivity index (χ4v) is 4.51. The minimum atomic E-state index is -0.474. The second-order valence-corrected chi connectivity index (χ2v) is 8.09. The molecule has 1 fully saturated rings. The van der Waals surface area contributed by atoms with E-state index >= 15 is 0 Å². The van der Waals surface area contributed by atoms with E-state index in [9.17, 15) is 10.1 Å². The van der Waals surface area contributed by atoms with Gasteiger partial charge in [0.1, 0.15) is 29.5 Å². The number of methoxy groups -OCH3 is 2. The summed E-state index contributed by atoms with van der Waals surface area (Å²) in [6.45, 7) is 3.54. The van der Waals surface area contributed by atoms with Crippen LogP contribution in [0.25, 0.3) is 0 Å². The first kappa shape index (κ1) is 21.9. The number of benzene rings is 2. The van der Waals surface area contributed by atoms with E-state index in [4.69, 9.17) is 13.9 Å². The van der Waals surface area contributed by atoms with Gasteiger partial charge in [0.25, 0.3) is 6.17 Å². The number of quaternary nitrogens is 2. The van der Waals surface area contributed by atoms with Crippen LogP contribution >= 0.6 is 0 Å². The summed E-state index contributed by atoms with van der Waals surface area (Å²) in [6, 6.07) is 19.4. The summed E-state index contributed by atoms with van der Waals surface area (Å²) in [5, 5.41) is 11.2. The second kappa shape index (κ2) is 9.84. The van der Waals surface area contributed by atoms with Crippen LogP contribution in [0, 0.1) is 10.1 Å². The monoisotopic (exact) mass is 439 g/mol. The number of nitrogens with zero attached hydrogens (tertiary/aromatic N) is 1. The maximum Gasteiger partial charge on any atom is 0.433 e. The number of hydrogen-bond acceptors (Lipinski definition) is 5. The Morgan fingerprint density at radius 3 is 1.78 bits per heavy atom. The molecule has 8 nitrogen and oxygen atoms in total. The highest BCUT2D eigenvalue weighted by molar-refractivity contribution is 5.27. The molecule has 0 spiro atoms. The molecule has 0 radical (unpaired) electrons. The van der Waals surface area contributed by atoms with Gasteiger partial charge in [-0.15, -0.1) is 0 Å². The highest BCUT2D eigenvalue weighted by atomic mass is 16.6. The van der Waals surface area contributed by atoms with E-state index in [1.165, 1.54) is 27.0 Å². The smallest absolute Gasteiger partial charge is 0.433 e. The molecule has 2 atom stereocenters. The van der Waals surface area contributed by atoms with Gasteiger partial charge in [0.15, 0.2) is 0 Å². The molecule has 1 aliphatic rings. The molecule has 168 valence electrons. The van der Waals surface area contributed by atoms with Crippen LogP contribution in [-0.2, 0) is 13.1 Å². The molecule has 0 saturated carbocycles. The topological polar surface area (TPSA) is 83.6 Å². The number of furan rings is 1. The molecular weight excluding hydrogens is 410 g/mol. The van der Waals surface area contributed by atoms with Gasteiger partial charge in [-0.1, -0.05) is 0 Å². The Morgan fingerprint density at radius 2 is 1.38 bits per heavy atom. The van der Waals surface area contributed by atoms with Gasteiger partial charge in [-0.3, -0.25) is 19.9 Å². The van der Waals surface area contributed by atoms with Gasteiger partial charge in [-0.2, -0.15) is 0 Å². The maximum atomic E-state index is 11.2. The van der Waals surface area contributed by atoms with Gasteiger partial charge in [-0.25, -0.2) is 0 Å². The van der Waals surface area contributed by atoms with E-state index in [1.54, 1.807) is 20.3 Å². The Hall–Kier alpha value is -3.36. The van der Waals surface area contributed by atoms with Crippen LogP contribution < -0.4 is 19.3 Å². The molecule has 1 aromatic heterocycles. The van der Waals surface area contributed by atoms with Crippen molar-refractivity contribution in [1.82, 2.24) is 0 Å². The van der Waals surface area contributed by atoms with Crippen LogP contribution in [0.2, 0.25) is 0 Å². The minimum Gasteiger partial charge on any atom is -0.497 e. The Labute approximate surface area is 187 Å². The van der Waals surface area contributed by atoms with Crippen LogP contribution in [0.1, 0.15) is 29.5 Å². The highest BCUT2D eigenvalue weighted by Crippen LogP contribution is 2.19. The van der Waals surface area contributed by atoms with Crippen LogP contribution in [0.3, 0.4) is 0 Å². The Bertz CT molecular complexity index is 975. The Balaban J connectivity index is 1.61. The van der Waals surface area contributed by atoms with E-state index in [0.717, 1.165) is 44.1 Å². The van der Waals surface area contributed by atoms with Crippen molar-refractivity contribution in [2.75, 3.05) is 27.3 Å². The van der Waals surface area contributed by atoms with E-state index in [1.807, 2.05) is 24.3 Å². The van der Waals surface area contributed by atoms with E-state index < -0.39 is 4.92 Å². The van der Waals surface area contributed by atoms with Crippen molar-refractivity contribution in [3.8, 4) is 11.5 Å². The lowest BCUT2D eigenvalue weighted by molar-refractivity contribution is -1.16. The van der Waals surface area contributed by atoms with Crippen molar-refractivity contribution in [2.24, 2.45) is 0 Å². The van der Waals surface area contributed by atoms with Crippen LogP contribution in [0.5, 0.6) is 11.5 Å². The van der Waals surface area contributed by atoms with Crippen molar-refractivity contribution < 1.29 is 28.6 Å². The third-order valence-corrected chi connectivity index (χ3v) is 6.07. The van der Waals surface area contributed by atoms with Crippen molar-refractivity contribution in [3.63, 3.8) is 0 Å². The zero-order chi connectivity index (χ0) is 22.5. The van der Waals surface area contributed by atoms with E-state index in [0.29, 0.717) is 5.76 Å². The standard InChI is InChI=1S/C24H27N3O5/c1-30-20-8-4-18(5-9-20)16-25-14-3-15-26(17-19-6-10-21(31-2)11-7-19)24(25)22-12-13-23(32-22)27(28)29/h4-13,24H,3,14-17H2,1-2H3/p+2. The minimum absolute atomic E-state index is 0.0401. The summed E-state index contributed by atoms with van der Waals surface area (Å²) in [5.74, 6) is 2.10. The third-order valence-electron chi connectivity index (χ3n) is 6.07. The molecular formula is C24H29N3O5+2. The van der Waals surface area contributed by atoms with Gasteiger partial charge < -0.3 is 13.9 Å². The van der Waals surface area contributed by atoms with Crippen molar-refractivity contribution in [1.29, 1.82) is 0 Å². The van der Waals surface area contributed by atoms with Crippen molar-refractivity contribution in [3.05, 3.63) is 87.7 Å². The molecule has 3 aromatic rings. The summed E-state index contributed by atoms with van der Waals surface area (Å²) in [4.78, 5) is 13.4. The Kier molecular flexibility index (Phi) is 6.72. The largest absolute Gasteiger partial charge is 0.497 e. The molecule has 2 unspecified atom stereocenters. The van der Waals surface area contributed by atoms with Crippen LogP contribution in [-0.4, -0.2) is 32.2 Å². The molecule has 1 aliphatic heterocycles. The summed E-state index contributed by atoms with van der Waals surface area (Å²) < 4.78 is 16.3. The average Bonchev–Trinajstić information content (AvgIpc) is 3.30. The molecule has 2 heterocycles. The summed E-state index contributed by atoms with van der Waals surface area (Å²) in [7, 11) is 3.32. The summed E-state index contributed by atoms with van der Waals surface area (Å²) in [6.07, 6.45) is 1.03. The van der Waals surface area contributed by atoms with Gasteiger partial charge in [0, 0.05) is 23.6 Å². The lowest BCUT2D eigenvalue weighted by Crippen LogP contribution is -3.32. The molecule has 0 amide bonds. The normalized spacial score (nSPS) is 20.6. The van der Waals surface area contributed by atoms with E-state index in [2.05, 4.69) is 24.3 Å². The predicted molar refractivity (Wildman–Crippen MR) is 118 cm³/mol. The molecule has 8 heteroatoms. The Morgan fingerprint density at radius 1 is 0.875 bits per heavy atom. The zero-order valence-electron chi connectivity index (χ0n) is 18.4. The highest BCUT2D eigenvalue weighted by Gasteiger charge is 2.41. The second-order valence-electron chi connectivity index (χ2n) is 8.09. The maximum absolute atomic E-state index is 11.2. The van der Waals surface area contributed by atoms with Gasteiger partial charge >= 0.3 is 5.88 Å². The fourth-order valence-electron chi connectivity index (χ4n) is 4.51. The summed E-state index contributed by atoms with van der Waals surface area (Å²) in [5.41, 5.74) is 2.38. The van der Waals surface area contributed by atoms with Crippen LogP contribution in [0.15, 0.2) is 65.1 Å². The fraction of sp³-hybridized carbons (Fsp3) is 0.333. The van der Waals surface area contributed by atoms with Crippen molar-refractivity contribution in [2.45, 2.75) is 25.7 Å². The SMILES string of the molecule is COc1ccc(C[NH+]2CCC[NH+](Cc3ccc(OC)cc3)C2c2ccc([N+](=O)[O-])o2)cc1. The molecule has 2 aromatic carbocycles. The van der Waals surface area contributed by atoms with Gasteiger partial charge in [-0.05, 0) is 48.5 Å². The molecule has 0 bridgehead atoms. The van der Waals surface area contributed by atoms with Crippen LogP contribution in [0.4, 0.5) is 5.88 Å². The quantitative estimate of drug-likeness (QED) is 0.413. The molecule has 4 rings (SSSR count). The van der Waals surface area contributed by atoms with Gasteiger partial charge in [0.2, 0.25) is 5.76 Å². The molecule has 32 heavy (non-hydrogen) atoms. The first-order valence-electron chi connectivity index (χ1n) is 10.8. The first-order chi connectivity index (χ1) is 15.6. The van der Waals surface area contributed by atoms with Crippen molar-refractivity contribution >= 4 is 5.88 Å². The first-order valence-corrected chi connectivity index (χ1v) is 10.8. The number of hydrogen-bond donors (Lipinski definition) is 2. The lowest BCUT2D eigenvalue weighted by Gasteiger charge is -2.37. The molecule has 0 aliphatic carbocycles. The predicted octanol–water partition coefficient (Wildman–Crippen LogP) is 1.78. The number of nitro groups is 1. The third kappa shape index (κ3) is 4.92.